The Morgan fingerprint density at radius 1 is 1.17 bits per heavy atom. The minimum atomic E-state index is -1.08. The number of hydrogen-bond acceptors (Lipinski definition) is 4. The Kier molecular flexibility index (Phi) is 4.93. The average Bonchev–Trinajstić information content (AvgIpc) is 2.62. The molecule has 126 valence electrons. The molecule has 2 heterocycles. The largest absolute Gasteiger partial charge is 0.479 e. The van der Waals surface area contributed by atoms with Crippen LogP contribution in [0.25, 0.3) is 0 Å². The van der Waals surface area contributed by atoms with E-state index in [-0.39, 0.29) is 5.69 Å². The first-order chi connectivity index (χ1) is 11.6. The van der Waals surface area contributed by atoms with Crippen LogP contribution in [0.4, 0.5) is 15.9 Å². The summed E-state index contributed by atoms with van der Waals surface area (Å²) in [7, 11) is 0. The molecule has 1 saturated heterocycles. The van der Waals surface area contributed by atoms with Gasteiger partial charge in [-0.25, -0.2) is 14.2 Å². The minimum absolute atomic E-state index is 0.157. The van der Waals surface area contributed by atoms with Gasteiger partial charge < -0.3 is 15.3 Å². The second-order valence-electron chi connectivity index (χ2n) is 5.89. The van der Waals surface area contributed by atoms with Gasteiger partial charge in [-0.1, -0.05) is 18.2 Å². The second-order valence-corrected chi connectivity index (χ2v) is 5.89. The van der Waals surface area contributed by atoms with E-state index in [1.165, 1.54) is 18.6 Å². The number of carboxylic acids is 1. The van der Waals surface area contributed by atoms with Gasteiger partial charge in [0.1, 0.15) is 11.6 Å². The third kappa shape index (κ3) is 3.64. The van der Waals surface area contributed by atoms with E-state index >= 15 is 0 Å². The summed E-state index contributed by atoms with van der Waals surface area (Å²) in [4.78, 5) is 18.2. The summed E-state index contributed by atoms with van der Waals surface area (Å²) in [5.74, 6) is -0.707. The van der Waals surface area contributed by atoms with Gasteiger partial charge in [0, 0.05) is 24.8 Å². The predicted octanol–water partition coefficient (Wildman–Crippen LogP) is 3.45. The van der Waals surface area contributed by atoms with Crippen LogP contribution in [-0.4, -0.2) is 29.1 Å². The molecule has 1 aliphatic heterocycles. The van der Waals surface area contributed by atoms with E-state index in [0.29, 0.717) is 5.56 Å². The summed E-state index contributed by atoms with van der Waals surface area (Å²) < 4.78 is 13.8. The Balaban J connectivity index is 1.78. The van der Waals surface area contributed by atoms with Gasteiger partial charge in [0.25, 0.3) is 0 Å². The van der Waals surface area contributed by atoms with Gasteiger partial charge in [-0.15, -0.1) is 0 Å². The number of aromatic nitrogens is 1. The number of nitrogens with one attached hydrogen (secondary N) is 1. The van der Waals surface area contributed by atoms with Crippen LogP contribution in [0.15, 0.2) is 42.6 Å². The fourth-order valence-electron chi connectivity index (χ4n) is 2.90. The molecule has 6 heteroatoms. The van der Waals surface area contributed by atoms with Gasteiger partial charge >= 0.3 is 5.97 Å². The lowest BCUT2D eigenvalue weighted by Crippen LogP contribution is -2.30. The third-order valence-corrected chi connectivity index (χ3v) is 4.20. The van der Waals surface area contributed by atoms with Crippen molar-refractivity contribution in [1.82, 2.24) is 4.98 Å². The third-order valence-electron chi connectivity index (χ3n) is 4.20. The van der Waals surface area contributed by atoms with Crippen LogP contribution in [0.5, 0.6) is 0 Å². The monoisotopic (exact) mass is 329 g/mol. The number of aliphatic carboxylic acids is 1. The highest BCUT2D eigenvalue weighted by molar-refractivity contribution is 5.79. The minimum Gasteiger partial charge on any atom is -0.479 e. The SMILES string of the molecule is O=C(O)C(Nc1ccccc1F)c1ccc(N2CCCCC2)nc1. The van der Waals surface area contributed by atoms with E-state index in [9.17, 15) is 14.3 Å². The Hall–Kier alpha value is -2.63. The van der Waals surface area contributed by atoms with Crippen molar-refractivity contribution in [2.75, 3.05) is 23.3 Å². The standard InChI is InChI=1S/C18H20FN3O2/c19-14-6-2-3-7-15(14)21-17(18(23)24)13-8-9-16(20-12-13)22-10-4-1-5-11-22/h2-3,6-9,12,17,21H,1,4-5,10-11H2,(H,23,24). The van der Waals surface area contributed by atoms with Gasteiger partial charge in [0.05, 0.1) is 5.69 Å². The first-order valence-electron chi connectivity index (χ1n) is 8.10. The molecule has 2 aromatic rings. The number of para-hydroxylation sites is 1. The first kappa shape index (κ1) is 16.2. The van der Waals surface area contributed by atoms with Gasteiger partial charge in [0.15, 0.2) is 6.04 Å². The molecule has 1 aromatic carbocycles. The predicted molar refractivity (Wildman–Crippen MR) is 90.7 cm³/mol. The molecule has 0 spiro atoms. The maximum absolute atomic E-state index is 13.8. The molecule has 1 atom stereocenters. The fraction of sp³-hybridized carbons (Fsp3) is 0.333. The normalized spacial score (nSPS) is 15.8. The molecule has 5 nitrogen and oxygen atoms in total. The van der Waals surface area contributed by atoms with Gasteiger partial charge in [0.2, 0.25) is 0 Å². The lowest BCUT2D eigenvalue weighted by atomic mass is 10.1. The zero-order valence-corrected chi connectivity index (χ0v) is 13.3. The van der Waals surface area contributed by atoms with Crippen LogP contribution in [0, 0.1) is 5.82 Å². The smallest absolute Gasteiger partial charge is 0.330 e. The van der Waals surface area contributed by atoms with Crippen molar-refractivity contribution in [2.45, 2.75) is 25.3 Å². The molecule has 1 fully saturated rings. The van der Waals surface area contributed by atoms with Crippen molar-refractivity contribution in [3.63, 3.8) is 0 Å². The number of rotatable bonds is 5. The van der Waals surface area contributed by atoms with Crippen molar-refractivity contribution < 1.29 is 14.3 Å². The second kappa shape index (κ2) is 7.29. The lowest BCUT2D eigenvalue weighted by molar-refractivity contribution is -0.138. The average molecular weight is 329 g/mol. The van der Waals surface area contributed by atoms with Crippen LogP contribution >= 0.6 is 0 Å². The quantitative estimate of drug-likeness (QED) is 0.879. The molecular formula is C18H20FN3O2. The number of halogens is 1. The van der Waals surface area contributed by atoms with Crippen molar-refractivity contribution >= 4 is 17.5 Å². The highest BCUT2D eigenvalue weighted by Gasteiger charge is 2.22. The zero-order chi connectivity index (χ0) is 16.9. The summed E-state index contributed by atoms with van der Waals surface area (Å²) in [6.07, 6.45) is 5.09. The summed E-state index contributed by atoms with van der Waals surface area (Å²) in [6, 6.07) is 8.54. The molecule has 24 heavy (non-hydrogen) atoms. The molecular weight excluding hydrogens is 309 g/mol. The van der Waals surface area contributed by atoms with Crippen LogP contribution in [0.1, 0.15) is 30.9 Å². The van der Waals surface area contributed by atoms with Crippen LogP contribution in [0.2, 0.25) is 0 Å². The van der Waals surface area contributed by atoms with E-state index in [0.717, 1.165) is 31.7 Å². The molecule has 1 aliphatic rings. The molecule has 1 aromatic heterocycles. The molecule has 0 amide bonds. The molecule has 2 N–H and O–H groups in total. The van der Waals surface area contributed by atoms with E-state index < -0.39 is 17.8 Å². The van der Waals surface area contributed by atoms with Crippen molar-refractivity contribution in [2.24, 2.45) is 0 Å². The number of carboxylic acid groups (broad SMARTS) is 1. The number of pyridine rings is 1. The fourth-order valence-corrected chi connectivity index (χ4v) is 2.90. The van der Waals surface area contributed by atoms with Crippen molar-refractivity contribution in [3.8, 4) is 0 Å². The maximum Gasteiger partial charge on any atom is 0.330 e. The number of carbonyl (C=O) groups is 1. The first-order valence-corrected chi connectivity index (χ1v) is 8.10. The summed E-state index contributed by atoms with van der Waals surface area (Å²) >= 11 is 0. The lowest BCUT2D eigenvalue weighted by Gasteiger charge is -2.28. The van der Waals surface area contributed by atoms with E-state index in [1.807, 2.05) is 6.07 Å². The van der Waals surface area contributed by atoms with Gasteiger partial charge in [-0.3, -0.25) is 0 Å². The summed E-state index contributed by atoms with van der Waals surface area (Å²) in [6.45, 7) is 1.95. The van der Waals surface area contributed by atoms with Crippen molar-refractivity contribution in [1.29, 1.82) is 0 Å². The van der Waals surface area contributed by atoms with Gasteiger partial charge in [-0.2, -0.15) is 0 Å². The molecule has 0 radical (unpaired) electrons. The molecule has 0 bridgehead atoms. The molecule has 3 rings (SSSR count). The number of anilines is 2. The van der Waals surface area contributed by atoms with Crippen LogP contribution in [-0.2, 0) is 4.79 Å². The van der Waals surface area contributed by atoms with E-state index in [1.54, 1.807) is 24.4 Å². The van der Waals surface area contributed by atoms with Crippen LogP contribution in [0.3, 0.4) is 0 Å². The van der Waals surface area contributed by atoms with Crippen LogP contribution < -0.4 is 10.2 Å². The molecule has 0 saturated carbocycles. The zero-order valence-electron chi connectivity index (χ0n) is 13.3. The summed E-state index contributed by atoms with van der Waals surface area (Å²) in [5, 5.41) is 12.2. The Morgan fingerprint density at radius 2 is 1.92 bits per heavy atom. The number of hydrogen-bond donors (Lipinski definition) is 2. The summed E-state index contributed by atoms with van der Waals surface area (Å²) in [5.41, 5.74) is 0.650. The molecule has 1 unspecified atom stereocenters. The van der Waals surface area contributed by atoms with Crippen molar-refractivity contribution in [3.05, 3.63) is 54.0 Å². The number of piperidine rings is 1. The Morgan fingerprint density at radius 3 is 2.54 bits per heavy atom. The van der Waals surface area contributed by atoms with Gasteiger partial charge in [-0.05, 0) is 37.5 Å². The Labute approximate surface area is 140 Å². The number of benzene rings is 1. The highest BCUT2D eigenvalue weighted by Crippen LogP contribution is 2.24. The number of nitrogens with zero attached hydrogens (tertiary/aromatic N) is 2. The maximum atomic E-state index is 13.8. The van der Waals surface area contributed by atoms with E-state index in [4.69, 9.17) is 0 Å². The molecule has 0 aliphatic carbocycles. The van der Waals surface area contributed by atoms with E-state index in [2.05, 4.69) is 15.2 Å². The Bertz CT molecular complexity index is 700. The topological polar surface area (TPSA) is 65.5 Å². The highest BCUT2D eigenvalue weighted by atomic mass is 19.1.